The van der Waals surface area contributed by atoms with Gasteiger partial charge in [-0.15, -0.1) is 0 Å². The van der Waals surface area contributed by atoms with Crippen LogP contribution in [0.1, 0.15) is 39.3 Å². The van der Waals surface area contributed by atoms with Gasteiger partial charge in [0.25, 0.3) is 0 Å². The van der Waals surface area contributed by atoms with Crippen molar-refractivity contribution in [3.05, 3.63) is 18.1 Å². The van der Waals surface area contributed by atoms with Gasteiger partial charge in [-0.25, -0.2) is 4.98 Å². The van der Waals surface area contributed by atoms with Crippen molar-refractivity contribution in [3.8, 4) is 0 Å². The number of hydrogen-bond donors (Lipinski definition) is 1. The number of hydrogen-bond acceptors (Lipinski definition) is 5. The van der Waals surface area contributed by atoms with E-state index in [2.05, 4.69) is 45.9 Å². The summed E-state index contributed by atoms with van der Waals surface area (Å²) in [6.07, 6.45) is 6.08. The van der Waals surface area contributed by atoms with E-state index in [0.29, 0.717) is 6.04 Å². The van der Waals surface area contributed by atoms with Crippen LogP contribution >= 0.6 is 0 Å². The molecule has 0 aromatic carbocycles. The molecule has 0 bridgehead atoms. The van der Waals surface area contributed by atoms with Gasteiger partial charge in [-0.1, -0.05) is 13.8 Å². The summed E-state index contributed by atoms with van der Waals surface area (Å²) in [7, 11) is 0. The maximum absolute atomic E-state index is 4.52. The Kier molecular flexibility index (Phi) is 6.39. The third-order valence-electron chi connectivity index (χ3n) is 4.27. The lowest BCUT2D eigenvalue weighted by atomic mass is 10.2. The first kappa shape index (κ1) is 16.2. The van der Waals surface area contributed by atoms with E-state index in [-0.39, 0.29) is 0 Å². The third-order valence-corrected chi connectivity index (χ3v) is 4.27. The molecular formula is C16H29N5. The Morgan fingerprint density at radius 1 is 1.14 bits per heavy atom. The van der Waals surface area contributed by atoms with Gasteiger partial charge in [0.1, 0.15) is 5.82 Å². The molecule has 5 heteroatoms. The van der Waals surface area contributed by atoms with Crippen LogP contribution in [0.2, 0.25) is 0 Å². The van der Waals surface area contributed by atoms with Gasteiger partial charge in [0.05, 0.1) is 18.1 Å². The van der Waals surface area contributed by atoms with Gasteiger partial charge in [-0.2, -0.15) is 0 Å². The SMILES string of the molecule is CCCNc1cnc(CN2CCN(C(C)CC)CC2)cn1. The van der Waals surface area contributed by atoms with E-state index in [4.69, 9.17) is 0 Å². The molecule has 0 radical (unpaired) electrons. The van der Waals surface area contributed by atoms with Gasteiger partial charge in [0.2, 0.25) is 0 Å². The van der Waals surface area contributed by atoms with Crippen molar-refractivity contribution in [1.29, 1.82) is 0 Å². The molecule has 0 saturated carbocycles. The van der Waals surface area contributed by atoms with Gasteiger partial charge in [0.15, 0.2) is 0 Å². The Morgan fingerprint density at radius 2 is 1.90 bits per heavy atom. The van der Waals surface area contributed by atoms with Crippen LogP contribution in [0.3, 0.4) is 0 Å². The molecule has 1 aromatic heterocycles. The second kappa shape index (κ2) is 8.29. The second-order valence-corrected chi connectivity index (χ2v) is 5.89. The number of nitrogens with one attached hydrogen (secondary N) is 1. The van der Waals surface area contributed by atoms with Crippen molar-refractivity contribution in [3.63, 3.8) is 0 Å². The van der Waals surface area contributed by atoms with Crippen LogP contribution in [0.4, 0.5) is 5.82 Å². The summed E-state index contributed by atoms with van der Waals surface area (Å²) in [6, 6.07) is 0.705. The molecule has 0 aliphatic carbocycles. The summed E-state index contributed by atoms with van der Waals surface area (Å²) >= 11 is 0. The van der Waals surface area contributed by atoms with Crippen LogP contribution in [0, 0.1) is 0 Å². The first-order valence-corrected chi connectivity index (χ1v) is 8.24. The van der Waals surface area contributed by atoms with Gasteiger partial charge in [-0.3, -0.25) is 14.8 Å². The standard InChI is InChI=1S/C16H29N5/c1-4-6-17-16-12-18-15(11-19-16)13-20-7-9-21(10-8-20)14(3)5-2/h11-12,14H,4-10,13H2,1-3H3,(H,17,19). The molecular weight excluding hydrogens is 262 g/mol. The average molecular weight is 291 g/mol. The molecule has 1 aliphatic rings. The predicted octanol–water partition coefficient (Wildman–Crippen LogP) is 2.21. The van der Waals surface area contributed by atoms with Crippen LogP contribution < -0.4 is 5.32 Å². The predicted molar refractivity (Wildman–Crippen MR) is 87.4 cm³/mol. The monoisotopic (exact) mass is 291 g/mol. The zero-order valence-corrected chi connectivity index (χ0v) is 13.7. The molecule has 1 saturated heterocycles. The van der Waals surface area contributed by atoms with Crippen molar-refractivity contribution < 1.29 is 0 Å². The quantitative estimate of drug-likeness (QED) is 0.834. The van der Waals surface area contributed by atoms with E-state index in [0.717, 1.165) is 44.1 Å². The molecule has 0 spiro atoms. The minimum absolute atomic E-state index is 0.705. The van der Waals surface area contributed by atoms with Gasteiger partial charge < -0.3 is 5.32 Å². The van der Waals surface area contributed by atoms with Gasteiger partial charge in [-0.05, 0) is 19.8 Å². The Bertz CT molecular complexity index is 398. The lowest BCUT2D eigenvalue weighted by Crippen LogP contribution is -2.49. The fraction of sp³-hybridized carbons (Fsp3) is 0.750. The van der Waals surface area contributed by atoms with Crippen molar-refractivity contribution in [1.82, 2.24) is 19.8 Å². The van der Waals surface area contributed by atoms with Crippen LogP contribution in [0.15, 0.2) is 12.4 Å². The van der Waals surface area contributed by atoms with Crippen molar-refractivity contribution >= 4 is 5.82 Å². The van der Waals surface area contributed by atoms with E-state index in [1.165, 1.54) is 19.5 Å². The van der Waals surface area contributed by atoms with Crippen LogP contribution in [0.25, 0.3) is 0 Å². The summed E-state index contributed by atoms with van der Waals surface area (Å²) < 4.78 is 0. The smallest absolute Gasteiger partial charge is 0.144 e. The Morgan fingerprint density at radius 3 is 2.48 bits per heavy atom. The van der Waals surface area contributed by atoms with Gasteiger partial charge in [0, 0.05) is 45.3 Å². The summed E-state index contributed by atoms with van der Waals surface area (Å²) in [4.78, 5) is 14.0. The van der Waals surface area contributed by atoms with E-state index >= 15 is 0 Å². The molecule has 2 rings (SSSR count). The van der Waals surface area contributed by atoms with Gasteiger partial charge >= 0.3 is 0 Å². The lowest BCUT2D eigenvalue weighted by molar-refractivity contribution is 0.0955. The highest BCUT2D eigenvalue weighted by Gasteiger charge is 2.20. The first-order chi connectivity index (χ1) is 10.2. The maximum Gasteiger partial charge on any atom is 0.144 e. The molecule has 2 heterocycles. The average Bonchev–Trinajstić information content (AvgIpc) is 2.54. The van der Waals surface area contributed by atoms with E-state index in [9.17, 15) is 0 Å². The lowest BCUT2D eigenvalue weighted by Gasteiger charge is -2.37. The highest BCUT2D eigenvalue weighted by Crippen LogP contribution is 2.11. The van der Waals surface area contributed by atoms with Crippen molar-refractivity contribution in [2.75, 3.05) is 38.0 Å². The Balaban J connectivity index is 1.78. The molecule has 1 aromatic rings. The molecule has 5 nitrogen and oxygen atoms in total. The molecule has 1 aliphatic heterocycles. The fourth-order valence-corrected chi connectivity index (χ4v) is 2.63. The number of nitrogens with zero attached hydrogens (tertiary/aromatic N) is 4. The minimum atomic E-state index is 0.705. The molecule has 118 valence electrons. The Hall–Kier alpha value is -1.20. The van der Waals surface area contributed by atoms with Crippen LogP contribution in [0.5, 0.6) is 0 Å². The maximum atomic E-state index is 4.52. The molecule has 1 fully saturated rings. The Labute approximate surface area is 128 Å². The number of aromatic nitrogens is 2. The molecule has 1 unspecified atom stereocenters. The summed E-state index contributed by atoms with van der Waals surface area (Å²) in [5, 5.41) is 3.26. The van der Waals surface area contributed by atoms with Crippen molar-refractivity contribution in [2.45, 2.75) is 46.2 Å². The third kappa shape index (κ3) is 4.93. The van der Waals surface area contributed by atoms with E-state index in [1.54, 1.807) is 0 Å². The second-order valence-electron chi connectivity index (χ2n) is 5.89. The van der Waals surface area contributed by atoms with Crippen LogP contribution in [-0.2, 0) is 6.54 Å². The first-order valence-electron chi connectivity index (χ1n) is 8.24. The van der Waals surface area contributed by atoms with Crippen molar-refractivity contribution in [2.24, 2.45) is 0 Å². The molecule has 1 atom stereocenters. The zero-order valence-electron chi connectivity index (χ0n) is 13.7. The minimum Gasteiger partial charge on any atom is -0.369 e. The summed E-state index contributed by atoms with van der Waals surface area (Å²) in [5.41, 5.74) is 1.06. The zero-order chi connectivity index (χ0) is 15.1. The fourth-order valence-electron chi connectivity index (χ4n) is 2.63. The highest BCUT2D eigenvalue weighted by molar-refractivity contribution is 5.30. The van der Waals surface area contributed by atoms with E-state index < -0.39 is 0 Å². The van der Waals surface area contributed by atoms with E-state index in [1.807, 2.05) is 12.4 Å². The molecule has 1 N–H and O–H groups in total. The molecule has 0 amide bonds. The summed E-state index contributed by atoms with van der Waals surface area (Å²) in [6.45, 7) is 13.2. The summed E-state index contributed by atoms with van der Waals surface area (Å²) in [5.74, 6) is 0.877. The largest absolute Gasteiger partial charge is 0.369 e. The number of piperazine rings is 1. The highest BCUT2D eigenvalue weighted by atomic mass is 15.3. The number of anilines is 1. The topological polar surface area (TPSA) is 44.3 Å². The van der Waals surface area contributed by atoms with Crippen LogP contribution in [-0.4, -0.2) is 58.5 Å². The molecule has 21 heavy (non-hydrogen) atoms. The number of rotatable bonds is 7. The normalized spacial score (nSPS) is 18.6.